The van der Waals surface area contributed by atoms with E-state index in [4.69, 9.17) is 0 Å². The highest BCUT2D eigenvalue weighted by atomic mass is 31.8. The zero-order chi connectivity index (χ0) is 3.54. The van der Waals surface area contributed by atoms with Crippen LogP contribution in [0.3, 0.4) is 0 Å². The molecule has 0 fully saturated rings. The lowest BCUT2D eigenvalue weighted by Crippen LogP contribution is -0.872. The minimum absolute atomic E-state index is 1.42. The summed E-state index contributed by atoms with van der Waals surface area (Å²) in [4.78, 5) is 0. The lowest BCUT2D eigenvalue weighted by atomic mass is 11.9. The molecular weight excluding hydrogens is 117 g/mol. The van der Waals surface area contributed by atoms with Gasteiger partial charge in [0.05, 0.1) is 0 Å². The van der Waals surface area contributed by atoms with E-state index in [1.54, 1.807) is 0 Å². The normalized spacial score (nSPS) is 12.8. The van der Waals surface area contributed by atoms with Crippen molar-refractivity contribution in [2.45, 2.75) is 0 Å². The van der Waals surface area contributed by atoms with Crippen molar-refractivity contribution in [1.29, 1.82) is 0 Å². The van der Waals surface area contributed by atoms with E-state index in [1.165, 1.54) is 23.9 Å². The average Bonchev–Trinajstić information content (AvgIpc) is 1.76. The lowest BCUT2D eigenvalue weighted by molar-refractivity contribution is 2.88. The van der Waals surface area contributed by atoms with Crippen molar-refractivity contribution in [3.8, 4) is 0 Å². The Morgan fingerprint density at radius 3 is 2.00 bits per heavy atom. The molecule has 0 saturated carbocycles. The van der Waals surface area contributed by atoms with E-state index in [-0.39, 0.29) is 0 Å². The van der Waals surface area contributed by atoms with Crippen molar-refractivity contribution in [3.05, 3.63) is 11.1 Å². The summed E-state index contributed by atoms with van der Waals surface area (Å²) in [6.45, 7) is 0. The summed E-state index contributed by atoms with van der Waals surface area (Å²) in [5.74, 6) is 0. The molecule has 1 aromatic rings. The Balaban J connectivity index is 3.13. The van der Waals surface area contributed by atoms with E-state index >= 15 is 0 Å². The first kappa shape index (κ1) is 3.82. The summed E-state index contributed by atoms with van der Waals surface area (Å²) in [6.07, 6.45) is 0. The maximum Gasteiger partial charge on any atom is -0.142 e. The molecule has 0 nitrogen and oxygen atoms in total. The van der Waals surface area contributed by atoms with E-state index in [0.717, 1.165) is 0 Å². The van der Waals surface area contributed by atoms with Crippen LogP contribution in [0.4, 0.5) is 0 Å². The molecule has 0 aliphatic heterocycles. The van der Waals surface area contributed by atoms with Crippen LogP contribution in [0.5, 0.6) is 0 Å². The smallest absolute Gasteiger partial charge is 0.142 e. The van der Waals surface area contributed by atoms with Gasteiger partial charge in [-0.05, 0) is 0 Å². The monoisotopic (exact) mass is 119 g/mol. The second kappa shape index (κ2) is 1.93. The molecule has 0 unspecified atom stereocenters. The van der Waals surface area contributed by atoms with E-state index in [2.05, 4.69) is 11.1 Å². The maximum atomic E-state index is 2.24. The van der Waals surface area contributed by atoms with Gasteiger partial charge in [-0.15, -0.1) is 11.1 Å². The highest BCUT2D eigenvalue weighted by Crippen LogP contribution is 2.26. The molecule has 1 aromatic heterocycles. The van der Waals surface area contributed by atoms with Crippen LogP contribution in [0.2, 0.25) is 0 Å². The molecule has 1 rings (SSSR count). The van der Waals surface area contributed by atoms with Gasteiger partial charge in [0.2, 0.25) is 0 Å². The molecule has 0 spiro atoms. The fraction of sp³-hybridized carbons (Fsp3) is 0. The fourth-order valence-electron chi connectivity index (χ4n) is 0.149. The van der Waals surface area contributed by atoms with Crippen molar-refractivity contribution in [3.63, 3.8) is 0 Å². The molecule has 0 radical (unpaired) electrons. The van der Waals surface area contributed by atoms with E-state index in [0.29, 0.717) is 0 Å². The van der Waals surface area contributed by atoms with Crippen LogP contribution in [0.15, 0.2) is 11.1 Å². The van der Waals surface area contributed by atoms with Gasteiger partial charge in [0.1, 0.15) is 0 Å². The number of rotatable bonds is 0. The van der Waals surface area contributed by atoms with Gasteiger partial charge in [-0.1, -0.05) is 0 Å². The highest BCUT2D eigenvalue weighted by molar-refractivity contribution is 7.94. The maximum absolute atomic E-state index is 2.24. The van der Waals surface area contributed by atoms with Crippen molar-refractivity contribution < 1.29 is 0 Å². The molecule has 3 heteroatoms. The van der Waals surface area contributed by atoms with Crippen molar-refractivity contribution >= 4 is 23.9 Å². The molecule has 0 aliphatic carbocycles. The summed E-state index contributed by atoms with van der Waals surface area (Å²) in [5.41, 5.74) is 4.48. The van der Waals surface area contributed by atoms with Crippen LogP contribution in [-0.4, -0.2) is 0 Å². The molecule has 5 heavy (non-hydrogen) atoms. The van der Waals surface area contributed by atoms with Crippen molar-refractivity contribution in [1.82, 2.24) is 0 Å². The van der Waals surface area contributed by atoms with E-state index in [9.17, 15) is 0 Å². The minimum Gasteiger partial charge on any atom is -0.279 e. The lowest BCUT2D eigenvalue weighted by Gasteiger charge is -1.56. The zero-order valence-electron chi connectivity index (χ0n) is 2.50. The average molecular weight is 119 g/mol. The molecule has 0 amide bonds. The second-order valence-corrected chi connectivity index (χ2v) is 4.60. The number of hydrogen-bond acceptors (Lipinski definition) is 0. The molecule has 26 valence electrons. The molecule has 0 saturated heterocycles. The van der Waals surface area contributed by atoms with Crippen LogP contribution >= 0.6 is 23.9 Å². The van der Waals surface area contributed by atoms with Gasteiger partial charge in [-0.3, -0.25) is 15.7 Å². The summed E-state index contributed by atoms with van der Waals surface area (Å²) in [7, 11) is 4.36. The molecule has 0 N–H and O–H groups in total. The third-order valence-electron chi connectivity index (χ3n) is 0.303. The summed E-state index contributed by atoms with van der Waals surface area (Å²) in [5, 5.41) is 0. The van der Waals surface area contributed by atoms with Gasteiger partial charge in [-0.25, -0.2) is 8.19 Å². The Labute approximate surface area is 35.8 Å². The Morgan fingerprint density at radius 1 is 1.20 bits per heavy atom. The standard InChI is InChI=1S/C2H2P3/c1-3-2-5-4-1/h1-2H/q-1. The summed E-state index contributed by atoms with van der Waals surface area (Å²) in [6, 6.07) is 0. The molecule has 0 bridgehead atoms. The third kappa shape index (κ3) is 1.02. The number of hydrogen-bond donors (Lipinski definition) is 0. The Bertz CT molecular complexity index is 61.4. The van der Waals surface area contributed by atoms with Crippen LogP contribution in [-0.2, 0) is 0 Å². The van der Waals surface area contributed by atoms with Crippen molar-refractivity contribution in [2.75, 3.05) is 0 Å². The predicted octanol–water partition coefficient (Wildman–Crippen LogP) is 3.15. The van der Waals surface area contributed by atoms with E-state index < -0.39 is 0 Å². The van der Waals surface area contributed by atoms with Gasteiger partial charge in [-0.2, -0.15) is 0 Å². The van der Waals surface area contributed by atoms with Gasteiger partial charge in [0.15, 0.2) is 0 Å². The van der Waals surface area contributed by atoms with Crippen LogP contribution in [0, 0.1) is 0 Å². The Kier molecular flexibility index (Phi) is 1.48. The van der Waals surface area contributed by atoms with Crippen LogP contribution < -0.4 is 0 Å². The highest BCUT2D eigenvalue weighted by Gasteiger charge is 1.42. The predicted molar refractivity (Wildman–Crippen MR) is 29.6 cm³/mol. The summed E-state index contributed by atoms with van der Waals surface area (Å²) >= 11 is 0. The Hall–Kier alpha value is 0.640. The van der Waals surface area contributed by atoms with Gasteiger partial charge < -0.3 is 0 Å². The molecular formula is C2H2P3-. The van der Waals surface area contributed by atoms with Crippen LogP contribution in [0.25, 0.3) is 0 Å². The topological polar surface area (TPSA) is 0 Å². The first-order valence-electron chi connectivity index (χ1n) is 1.23. The molecule has 0 atom stereocenters. The zero-order valence-corrected chi connectivity index (χ0v) is 5.18. The van der Waals surface area contributed by atoms with Crippen LogP contribution in [0.1, 0.15) is 0 Å². The van der Waals surface area contributed by atoms with Crippen molar-refractivity contribution in [2.24, 2.45) is 0 Å². The molecule has 1 heterocycles. The quantitative estimate of drug-likeness (QED) is 0.492. The second-order valence-electron chi connectivity index (χ2n) is 0.611. The first-order valence-corrected chi connectivity index (χ1v) is 4.90. The minimum atomic E-state index is 1.42. The first-order chi connectivity index (χ1) is 2.50. The largest absolute Gasteiger partial charge is 0.279 e. The summed E-state index contributed by atoms with van der Waals surface area (Å²) < 4.78 is 0. The Morgan fingerprint density at radius 2 is 1.80 bits per heavy atom. The van der Waals surface area contributed by atoms with E-state index in [1.807, 2.05) is 0 Å². The van der Waals surface area contributed by atoms with Gasteiger partial charge in [0.25, 0.3) is 0 Å². The van der Waals surface area contributed by atoms with Gasteiger partial charge >= 0.3 is 0 Å². The molecule has 0 aromatic carbocycles. The van der Waals surface area contributed by atoms with Gasteiger partial charge in [0, 0.05) is 0 Å². The third-order valence-corrected chi connectivity index (χ3v) is 4.59. The molecule has 0 aliphatic rings. The SMILES string of the molecule is c1ppc[p-]1. The fourth-order valence-corrected chi connectivity index (χ4v) is 4.02.